The third-order valence-electron chi connectivity index (χ3n) is 4.91. The van der Waals surface area contributed by atoms with Crippen LogP contribution in [-0.4, -0.2) is 17.8 Å². The molecule has 2 aromatic carbocycles. The molecule has 0 atom stereocenters. The number of aryl methyl sites for hydroxylation is 3. The summed E-state index contributed by atoms with van der Waals surface area (Å²) in [7, 11) is -3.77. The zero-order valence-electron chi connectivity index (χ0n) is 16.3. The number of hydrogen-bond donors (Lipinski definition) is 1. The van der Waals surface area contributed by atoms with Crippen LogP contribution in [0.5, 0.6) is 0 Å². The molecular formula is C22H20ClN3O2S. The van der Waals surface area contributed by atoms with Gasteiger partial charge >= 0.3 is 0 Å². The van der Waals surface area contributed by atoms with Crippen molar-refractivity contribution in [3.05, 3.63) is 82.6 Å². The number of halogens is 1. The Morgan fingerprint density at radius 3 is 2.45 bits per heavy atom. The summed E-state index contributed by atoms with van der Waals surface area (Å²) in [6.45, 7) is 5.70. The number of rotatable bonds is 4. The Morgan fingerprint density at radius 1 is 0.966 bits per heavy atom. The van der Waals surface area contributed by atoms with Gasteiger partial charge in [-0.25, -0.2) is 13.4 Å². The molecule has 0 aliphatic rings. The third kappa shape index (κ3) is 3.73. The predicted octanol–water partition coefficient (Wildman–Crippen LogP) is 5.38. The summed E-state index contributed by atoms with van der Waals surface area (Å²) in [5, 5.41) is 0.415. The van der Waals surface area contributed by atoms with E-state index < -0.39 is 10.0 Å². The normalized spacial score (nSPS) is 11.7. The minimum Gasteiger partial charge on any atom is -0.306 e. The van der Waals surface area contributed by atoms with Crippen molar-refractivity contribution < 1.29 is 8.42 Å². The maximum Gasteiger partial charge on any atom is 0.261 e. The zero-order chi connectivity index (χ0) is 20.8. The van der Waals surface area contributed by atoms with Gasteiger partial charge in [-0.2, -0.15) is 0 Å². The summed E-state index contributed by atoms with van der Waals surface area (Å²) < 4.78 is 30.4. The summed E-state index contributed by atoms with van der Waals surface area (Å²) in [6.07, 6.45) is 3.88. The molecule has 148 valence electrons. The number of hydrogen-bond acceptors (Lipinski definition) is 3. The number of imidazole rings is 1. The molecule has 0 fully saturated rings. The molecule has 1 N–H and O–H groups in total. The van der Waals surface area contributed by atoms with Crippen molar-refractivity contribution >= 4 is 33.0 Å². The van der Waals surface area contributed by atoms with Gasteiger partial charge in [-0.05, 0) is 61.7 Å². The lowest BCUT2D eigenvalue weighted by atomic mass is 10.1. The fraction of sp³-hybridized carbons (Fsp3) is 0.136. The Kier molecular flexibility index (Phi) is 4.84. The van der Waals surface area contributed by atoms with Crippen molar-refractivity contribution in [3.63, 3.8) is 0 Å². The molecule has 0 spiro atoms. The second kappa shape index (κ2) is 7.21. The lowest BCUT2D eigenvalue weighted by Gasteiger charge is -2.12. The Hall–Kier alpha value is -2.83. The van der Waals surface area contributed by atoms with E-state index in [4.69, 9.17) is 16.6 Å². The van der Waals surface area contributed by atoms with E-state index in [1.54, 1.807) is 18.2 Å². The molecule has 0 saturated carbocycles. The number of nitrogens with zero attached hydrogens (tertiary/aromatic N) is 2. The van der Waals surface area contributed by atoms with E-state index in [0.717, 1.165) is 33.6 Å². The van der Waals surface area contributed by atoms with Crippen LogP contribution in [-0.2, 0) is 10.0 Å². The van der Waals surface area contributed by atoms with E-state index in [1.807, 2.05) is 61.8 Å². The van der Waals surface area contributed by atoms with Crippen molar-refractivity contribution in [2.45, 2.75) is 25.7 Å². The first-order chi connectivity index (χ1) is 13.7. The minimum atomic E-state index is -3.77. The molecule has 0 amide bonds. The van der Waals surface area contributed by atoms with E-state index in [0.29, 0.717) is 10.7 Å². The van der Waals surface area contributed by atoms with Crippen LogP contribution in [0.15, 0.2) is 65.8 Å². The van der Waals surface area contributed by atoms with Gasteiger partial charge in [0.15, 0.2) is 0 Å². The van der Waals surface area contributed by atoms with Gasteiger partial charge in [-0.3, -0.25) is 4.72 Å². The number of anilines is 1. The van der Waals surface area contributed by atoms with Gasteiger partial charge in [-0.1, -0.05) is 35.9 Å². The quantitative estimate of drug-likeness (QED) is 0.477. The SMILES string of the molecule is Cc1ccc(S(=O)(=O)Nc2cc(-c3cn4cccc(C)c4n3)ccc2C)cc1Cl. The molecule has 0 aliphatic carbocycles. The van der Waals surface area contributed by atoms with E-state index >= 15 is 0 Å². The Labute approximate surface area is 175 Å². The Morgan fingerprint density at radius 2 is 1.72 bits per heavy atom. The van der Waals surface area contributed by atoms with Gasteiger partial charge in [0.25, 0.3) is 10.0 Å². The van der Waals surface area contributed by atoms with Crippen LogP contribution in [0, 0.1) is 20.8 Å². The molecule has 0 radical (unpaired) electrons. The average Bonchev–Trinajstić information content (AvgIpc) is 3.11. The number of sulfonamides is 1. The van der Waals surface area contributed by atoms with Crippen molar-refractivity contribution in [2.75, 3.05) is 4.72 Å². The van der Waals surface area contributed by atoms with Crippen molar-refractivity contribution in [2.24, 2.45) is 0 Å². The van der Waals surface area contributed by atoms with Crippen LogP contribution >= 0.6 is 11.6 Å². The predicted molar refractivity (Wildman–Crippen MR) is 117 cm³/mol. The molecule has 5 nitrogen and oxygen atoms in total. The summed E-state index contributed by atoms with van der Waals surface area (Å²) in [5.41, 5.74) is 5.70. The molecule has 0 saturated heterocycles. The number of aromatic nitrogens is 2. The Balaban J connectivity index is 1.73. The molecular weight excluding hydrogens is 406 g/mol. The summed E-state index contributed by atoms with van der Waals surface area (Å²) in [4.78, 5) is 4.82. The van der Waals surface area contributed by atoms with E-state index in [-0.39, 0.29) is 4.90 Å². The number of benzene rings is 2. The molecule has 0 aliphatic heterocycles. The van der Waals surface area contributed by atoms with Crippen LogP contribution in [0.1, 0.15) is 16.7 Å². The van der Waals surface area contributed by atoms with Gasteiger partial charge in [0.2, 0.25) is 0 Å². The first kappa shape index (κ1) is 19.5. The molecule has 4 rings (SSSR count). The molecule has 29 heavy (non-hydrogen) atoms. The highest BCUT2D eigenvalue weighted by atomic mass is 35.5. The topological polar surface area (TPSA) is 63.5 Å². The van der Waals surface area contributed by atoms with Crippen molar-refractivity contribution in [1.29, 1.82) is 0 Å². The maximum atomic E-state index is 12.9. The molecule has 0 bridgehead atoms. The van der Waals surface area contributed by atoms with E-state index in [9.17, 15) is 8.42 Å². The molecule has 0 unspecified atom stereocenters. The largest absolute Gasteiger partial charge is 0.306 e. The van der Waals surface area contributed by atoms with Crippen molar-refractivity contribution in [1.82, 2.24) is 9.38 Å². The smallest absolute Gasteiger partial charge is 0.261 e. The second-order valence-electron chi connectivity index (χ2n) is 7.09. The highest BCUT2D eigenvalue weighted by molar-refractivity contribution is 7.92. The number of fused-ring (bicyclic) bond motifs is 1. The van der Waals surface area contributed by atoms with Gasteiger partial charge < -0.3 is 4.40 Å². The van der Waals surface area contributed by atoms with E-state index in [2.05, 4.69) is 4.72 Å². The van der Waals surface area contributed by atoms with Gasteiger partial charge in [0.1, 0.15) is 5.65 Å². The Bertz CT molecular complexity index is 1340. The summed E-state index contributed by atoms with van der Waals surface area (Å²) >= 11 is 6.11. The second-order valence-corrected chi connectivity index (χ2v) is 9.18. The standard InChI is InChI=1S/C22H20ClN3O2S/c1-14-7-9-18(12-19(14)23)29(27,28)25-20-11-17(8-6-15(20)2)21-13-26-10-4-5-16(3)22(26)24-21/h4-13,25H,1-3H3. The first-order valence-electron chi connectivity index (χ1n) is 9.09. The monoisotopic (exact) mass is 425 g/mol. The van der Waals surface area contributed by atoms with Gasteiger partial charge in [-0.15, -0.1) is 0 Å². The highest BCUT2D eigenvalue weighted by Crippen LogP contribution is 2.28. The van der Waals surface area contributed by atoms with Crippen molar-refractivity contribution in [3.8, 4) is 11.3 Å². The highest BCUT2D eigenvalue weighted by Gasteiger charge is 2.17. The maximum absolute atomic E-state index is 12.9. The third-order valence-corrected chi connectivity index (χ3v) is 6.68. The zero-order valence-corrected chi connectivity index (χ0v) is 17.8. The van der Waals surface area contributed by atoms with Crippen LogP contribution in [0.3, 0.4) is 0 Å². The lowest BCUT2D eigenvalue weighted by molar-refractivity contribution is 0.601. The molecule has 4 aromatic rings. The molecule has 2 heterocycles. The molecule has 7 heteroatoms. The van der Waals surface area contributed by atoms with Crippen LogP contribution in [0.4, 0.5) is 5.69 Å². The lowest BCUT2D eigenvalue weighted by Crippen LogP contribution is -2.14. The van der Waals surface area contributed by atoms with Crippen LogP contribution < -0.4 is 4.72 Å². The van der Waals surface area contributed by atoms with E-state index in [1.165, 1.54) is 6.07 Å². The number of nitrogens with one attached hydrogen (secondary N) is 1. The minimum absolute atomic E-state index is 0.126. The molecule has 2 aromatic heterocycles. The van der Waals surface area contributed by atoms with Crippen LogP contribution in [0.2, 0.25) is 5.02 Å². The fourth-order valence-corrected chi connectivity index (χ4v) is 4.52. The fourth-order valence-electron chi connectivity index (χ4n) is 3.13. The average molecular weight is 426 g/mol. The summed E-state index contributed by atoms with van der Waals surface area (Å²) in [5.74, 6) is 0. The number of pyridine rings is 1. The van der Waals surface area contributed by atoms with Gasteiger partial charge in [0, 0.05) is 23.0 Å². The summed E-state index contributed by atoms with van der Waals surface area (Å²) in [6, 6.07) is 14.3. The van der Waals surface area contributed by atoms with Crippen LogP contribution in [0.25, 0.3) is 16.9 Å². The van der Waals surface area contributed by atoms with Gasteiger partial charge in [0.05, 0.1) is 16.3 Å². The first-order valence-corrected chi connectivity index (χ1v) is 10.9.